The summed E-state index contributed by atoms with van der Waals surface area (Å²) in [6.07, 6.45) is 3.20. The van der Waals surface area contributed by atoms with Gasteiger partial charge in [0.25, 0.3) is 0 Å². The number of aromatic amines is 1. The van der Waals surface area contributed by atoms with Crippen LogP contribution in [0.3, 0.4) is 0 Å². The van der Waals surface area contributed by atoms with E-state index in [2.05, 4.69) is 20.6 Å². The molecule has 1 aromatic carbocycles. The van der Waals surface area contributed by atoms with Crippen molar-refractivity contribution < 1.29 is 13.6 Å². The number of H-pyrrole nitrogens is 1. The average molecular weight is 381 g/mol. The van der Waals surface area contributed by atoms with E-state index >= 15 is 0 Å². The third kappa shape index (κ3) is 2.64. The molecule has 1 amide bonds. The van der Waals surface area contributed by atoms with Gasteiger partial charge in [-0.15, -0.1) is 0 Å². The maximum Gasteiger partial charge on any atom is 0.231 e. The van der Waals surface area contributed by atoms with Crippen molar-refractivity contribution in [3.05, 3.63) is 48.0 Å². The summed E-state index contributed by atoms with van der Waals surface area (Å²) in [5.74, 6) is -0.839. The number of benzene rings is 1. The summed E-state index contributed by atoms with van der Waals surface area (Å²) in [5, 5.41) is 14.7. The van der Waals surface area contributed by atoms with Crippen molar-refractivity contribution in [2.24, 2.45) is 5.92 Å². The quantitative estimate of drug-likeness (QED) is 0.563. The second-order valence-electron chi connectivity index (χ2n) is 7.06. The van der Waals surface area contributed by atoms with Crippen molar-refractivity contribution in [3.8, 4) is 11.1 Å². The molecule has 3 aromatic heterocycles. The second kappa shape index (κ2) is 6.12. The number of nitrogens with one attached hydrogen (secondary N) is 2. The number of nitrogens with zero attached hydrogens (tertiary/aromatic N) is 3. The lowest BCUT2D eigenvalue weighted by Gasteiger charge is -2.11. The Bertz CT molecular complexity index is 1230. The SMILES string of the molecule is CCc1c(F)cc2[nH]ncc2c1-c1ccn2nc(NC(=O)C3CC3F)cc2c1. The first-order chi connectivity index (χ1) is 13.5. The number of anilines is 1. The first-order valence-corrected chi connectivity index (χ1v) is 9.14. The van der Waals surface area contributed by atoms with E-state index in [9.17, 15) is 13.6 Å². The summed E-state index contributed by atoms with van der Waals surface area (Å²) in [4.78, 5) is 11.9. The predicted molar refractivity (Wildman–Crippen MR) is 101 cm³/mol. The summed E-state index contributed by atoms with van der Waals surface area (Å²) in [6, 6.07) is 6.92. The zero-order valence-corrected chi connectivity index (χ0v) is 15.0. The van der Waals surface area contributed by atoms with Gasteiger partial charge in [0.05, 0.1) is 23.1 Å². The lowest BCUT2D eigenvalue weighted by Crippen LogP contribution is -2.15. The lowest BCUT2D eigenvalue weighted by atomic mass is 9.94. The van der Waals surface area contributed by atoms with Gasteiger partial charge in [-0.05, 0) is 47.7 Å². The molecule has 0 aliphatic heterocycles. The van der Waals surface area contributed by atoms with Crippen LogP contribution in [-0.2, 0) is 11.2 Å². The van der Waals surface area contributed by atoms with E-state index in [1.54, 1.807) is 23.0 Å². The molecular formula is C20H17F2N5O. The highest BCUT2D eigenvalue weighted by atomic mass is 19.1. The fourth-order valence-electron chi connectivity index (χ4n) is 3.64. The largest absolute Gasteiger partial charge is 0.309 e. The molecule has 0 radical (unpaired) electrons. The third-order valence-electron chi connectivity index (χ3n) is 5.21. The number of carbonyl (C=O) groups excluding carboxylic acids is 1. The summed E-state index contributed by atoms with van der Waals surface area (Å²) in [7, 11) is 0. The molecule has 4 aromatic rings. The van der Waals surface area contributed by atoms with Crippen molar-refractivity contribution in [1.29, 1.82) is 0 Å². The fraction of sp³-hybridized carbons (Fsp3) is 0.250. The molecule has 5 rings (SSSR count). The number of rotatable bonds is 4. The summed E-state index contributed by atoms with van der Waals surface area (Å²) >= 11 is 0. The van der Waals surface area contributed by atoms with Crippen LogP contribution in [0.4, 0.5) is 14.6 Å². The minimum atomic E-state index is -1.05. The maximum atomic E-state index is 14.6. The van der Waals surface area contributed by atoms with E-state index in [1.807, 2.05) is 19.1 Å². The molecule has 0 bridgehead atoms. The Morgan fingerprint density at radius 1 is 1.39 bits per heavy atom. The van der Waals surface area contributed by atoms with Crippen molar-refractivity contribution in [3.63, 3.8) is 0 Å². The van der Waals surface area contributed by atoms with Gasteiger partial charge in [-0.25, -0.2) is 13.3 Å². The number of hydrogen-bond acceptors (Lipinski definition) is 3. The van der Waals surface area contributed by atoms with Crippen LogP contribution in [0.5, 0.6) is 0 Å². The van der Waals surface area contributed by atoms with Gasteiger partial charge < -0.3 is 5.32 Å². The van der Waals surface area contributed by atoms with Crippen LogP contribution in [0.2, 0.25) is 0 Å². The first-order valence-electron chi connectivity index (χ1n) is 9.14. The average Bonchev–Trinajstić information content (AvgIpc) is 3.05. The van der Waals surface area contributed by atoms with Crippen LogP contribution in [0, 0.1) is 11.7 Å². The molecule has 6 nitrogen and oxygen atoms in total. The van der Waals surface area contributed by atoms with Gasteiger partial charge in [-0.3, -0.25) is 9.89 Å². The van der Waals surface area contributed by atoms with Gasteiger partial charge in [-0.2, -0.15) is 10.2 Å². The number of carbonyl (C=O) groups is 1. The van der Waals surface area contributed by atoms with Crippen LogP contribution in [0.1, 0.15) is 18.9 Å². The summed E-state index contributed by atoms with van der Waals surface area (Å²) in [6.45, 7) is 1.91. The van der Waals surface area contributed by atoms with Crippen LogP contribution >= 0.6 is 0 Å². The van der Waals surface area contributed by atoms with E-state index in [0.717, 1.165) is 22.0 Å². The Kier molecular flexibility index (Phi) is 3.68. The third-order valence-corrected chi connectivity index (χ3v) is 5.21. The number of fused-ring (bicyclic) bond motifs is 2. The molecule has 2 atom stereocenters. The molecule has 3 heterocycles. The molecule has 1 fully saturated rings. The van der Waals surface area contributed by atoms with Gasteiger partial charge in [0.15, 0.2) is 5.82 Å². The van der Waals surface area contributed by atoms with E-state index in [0.29, 0.717) is 23.3 Å². The Hall–Kier alpha value is -3.29. The van der Waals surface area contributed by atoms with Gasteiger partial charge in [0.1, 0.15) is 12.0 Å². The molecule has 1 aliphatic carbocycles. The zero-order chi connectivity index (χ0) is 19.4. The molecule has 28 heavy (non-hydrogen) atoms. The molecule has 2 N–H and O–H groups in total. The lowest BCUT2D eigenvalue weighted by molar-refractivity contribution is -0.117. The fourth-order valence-corrected chi connectivity index (χ4v) is 3.64. The predicted octanol–water partition coefficient (Wildman–Crippen LogP) is 3.88. The van der Waals surface area contributed by atoms with Gasteiger partial charge in [0, 0.05) is 17.6 Å². The molecule has 0 saturated heterocycles. The smallest absolute Gasteiger partial charge is 0.231 e. The standard InChI is InChI=1S/C20H17F2N5O/c1-2-12-16(22)8-17-14(9-23-25-17)19(12)10-3-4-27-11(5-10)6-18(26-27)24-20(28)13-7-15(13)21/h3-6,8-9,13,15H,2,7H2,1H3,(H,23,25)(H,24,26,28). The van der Waals surface area contributed by atoms with Crippen LogP contribution < -0.4 is 5.32 Å². The highest BCUT2D eigenvalue weighted by molar-refractivity contribution is 5.97. The van der Waals surface area contributed by atoms with E-state index in [-0.39, 0.29) is 18.1 Å². The topological polar surface area (TPSA) is 75.1 Å². The molecule has 2 unspecified atom stereocenters. The normalized spacial score (nSPS) is 18.7. The molecule has 142 valence electrons. The Morgan fingerprint density at radius 3 is 2.96 bits per heavy atom. The van der Waals surface area contributed by atoms with E-state index in [4.69, 9.17) is 0 Å². The monoisotopic (exact) mass is 381 g/mol. The second-order valence-corrected chi connectivity index (χ2v) is 7.06. The zero-order valence-electron chi connectivity index (χ0n) is 15.0. The molecular weight excluding hydrogens is 364 g/mol. The van der Waals surface area contributed by atoms with Crippen LogP contribution in [0.25, 0.3) is 27.5 Å². The number of halogens is 2. The minimum Gasteiger partial charge on any atom is -0.309 e. The number of aromatic nitrogens is 4. The number of amides is 1. The highest BCUT2D eigenvalue weighted by Crippen LogP contribution is 2.36. The molecule has 0 spiro atoms. The number of pyridine rings is 1. The van der Waals surface area contributed by atoms with E-state index < -0.39 is 12.1 Å². The maximum absolute atomic E-state index is 14.6. The Morgan fingerprint density at radius 2 is 2.21 bits per heavy atom. The molecule has 1 saturated carbocycles. The summed E-state index contributed by atoms with van der Waals surface area (Å²) < 4.78 is 29.3. The van der Waals surface area contributed by atoms with E-state index in [1.165, 1.54) is 6.07 Å². The molecule has 1 aliphatic rings. The number of hydrogen-bond donors (Lipinski definition) is 2. The highest BCUT2D eigenvalue weighted by Gasteiger charge is 2.43. The van der Waals surface area contributed by atoms with Crippen LogP contribution in [-0.4, -0.2) is 31.9 Å². The van der Waals surface area contributed by atoms with Gasteiger partial charge in [0.2, 0.25) is 5.91 Å². The van der Waals surface area contributed by atoms with Crippen molar-refractivity contribution in [2.45, 2.75) is 25.9 Å². The molecule has 8 heteroatoms. The first kappa shape index (κ1) is 16.9. The summed E-state index contributed by atoms with van der Waals surface area (Å²) in [5.41, 5.74) is 3.62. The van der Waals surface area contributed by atoms with Crippen molar-refractivity contribution in [1.82, 2.24) is 19.8 Å². The Labute approximate surface area is 158 Å². The van der Waals surface area contributed by atoms with Gasteiger partial charge in [-0.1, -0.05) is 6.92 Å². The van der Waals surface area contributed by atoms with Gasteiger partial charge >= 0.3 is 0 Å². The number of alkyl halides is 1. The van der Waals surface area contributed by atoms with Crippen molar-refractivity contribution >= 4 is 28.1 Å². The van der Waals surface area contributed by atoms with Crippen molar-refractivity contribution in [2.75, 3.05) is 5.32 Å². The Balaban J connectivity index is 1.58. The van der Waals surface area contributed by atoms with Crippen LogP contribution in [0.15, 0.2) is 36.7 Å². The minimum absolute atomic E-state index is 0.267.